The number of nitrogens with one attached hydrogen (secondary N) is 2. The topological polar surface area (TPSA) is 61.8 Å². The van der Waals surface area contributed by atoms with Crippen LogP contribution >= 0.6 is 24.0 Å². The number of ether oxygens (including phenoxy) is 1. The molecule has 0 atom stereocenters. The number of fused-ring (bicyclic) bond motifs is 1. The van der Waals surface area contributed by atoms with E-state index < -0.39 is 0 Å². The lowest BCUT2D eigenvalue weighted by Gasteiger charge is -2.27. The van der Waals surface area contributed by atoms with Crippen LogP contribution in [0.4, 0.5) is 0 Å². The van der Waals surface area contributed by atoms with Gasteiger partial charge in [0.05, 0.1) is 25.3 Å². The minimum absolute atomic E-state index is 0. The summed E-state index contributed by atoms with van der Waals surface area (Å²) in [6.07, 6.45) is 1.86. The van der Waals surface area contributed by atoms with Crippen molar-refractivity contribution in [1.82, 2.24) is 20.5 Å². The van der Waals surface area contributed by atoms with E-state index in [2.05, 4.69) is 57.8 Å². The number of hydrogen-bond donors (Lipinski definition) is 2. The van der Waals surface area contributed by atoms with Crippen LogP contribution in [-0.4, -0.2) is 48.7 Å². The van der Waals surface area contributed by atoms with E-state index >= 15 is 0 Å². The number of benzene rings is 2. The highest BCUT2D eigenvalue weighted by Gasteiger charge is 2.13. The van der Waals surface area contributed by atoms with E-state index in [9.17, 15) is 0 Å². The van der Waals surface area contributed by atoms with Crippen molar-refractivity contribution in [2.75, 3.05) is 32.8 Å². The van der Waals surface area contributed by atoms with Gasteiger partial charge in [-0.3, -0.25) is 9.88 Å². The minimum Gasteiger partial charge on any atom is -0.379 e. The number of nitrogens with zero attached hydrogens (tertiary/aromatic N) is 3. The summed E-state index contributed by atoms with van der Waals surface area (Å²) >= 11 is 0. The molecule has 0 aliphatic carbocycles. The van der Waals surface area contributed by atoms with Gasteiger partial charge in [-0.15, -0.1) is 24.0 Å². The van der Waals surface area contributed by atoms with E-state index in [1.165, 1.54) is 16.7 Å². The minimum atomic E-state index is 0. The molecular weight excluding hydrogens is 513 g/mol. The lowest BCUT2D eigenvalue weighted by molar-refractivity contribution is 0.0341. The van der Waals surface area contributed by atoms with Gasteiger partial charge in [0.1, 0.15) is 0 Å². The van der Waals surface area contributed by atoms with Crippen molar-refractivity contribution in [3.8, 4) is 0 Å². The van der Waals surface area contributed by atoms with E-state index in [0.717, 1.165) is 62.8 Å². The van der Waals surface area contributed by atoms with Gasteiger partial charge in [0.25, 0.3) is 0 Å². The summed E-state index contributed by atoms with van der Waals surface area (Å²) < 4.78 is 5.48. The first-order valence-corrected chi connectivity index (χ1v) is 11.0. The maximum absolute atomic E-state index is 5.48. The average Bonchev–Trinajstić information content (AvgIpc) is 2.82. The van der Waals surface area contributed by atoms with Gasteiger partial charge in [-0.1, -0.05) is 42.5 Å². The summed E-state index contributed by atoms with van der Waals surface area (Å²) in [6.45, 7) is 8.83. The highest BCUT2D eigenvalue weighted by atomic mass is 127. The van der Waals surface area contributed by atoms with Gasteiger partial charge in [-0.2, -0.15) is 0 Å². The number of aliphatic imine (C=N–C) groups is 1. The molecular formula is C25H32IN5O. The highest BCUT2D eigenvalue weighted by Crippen LogP contribution is 2.17. The zero-order chi connectivity index (χ0) is 21.3. The number of morpholine rings is 1. The molecule has 3 aromatic rings. The molecule has 1 saturated heterocycles. The van der Waals surface area contributed by atoms with E-state index in [1.54, 1.807) is 0 Å². The predicted octanol–water partition coefficient (Wildman–Crippen LogP) is 3.94. The van der Waals surface area contributed by atoms with E-state index in [0.29, 0.717) is 6.54 Å². The first-order chi connectivity index (χ1) is 15.3. The molecule has 0 amide bonds. The molecule has 1 fully saturated rings. The van der Waals surface area contributed by atoms with Crippen LogP contribution in [0.15, 0.2) is 65.8 Å². The van der Waals surface area contributed by atoms with Crippen LogP contribution in [0.5, 0.6) is 0 Å². The molecule has 1 aliphatic rings. The van der Waals surface area contributed by atoms with Crippen molar-refractivity contribution in [3.05, 3.63) is 77.5 Å². The Morgan fingerprint density at radius 2 is 1.72 bits per heavy atom. The van der Waals surface area contributed by atoms with Crippen LogP contribution < -0.4 is 10.6 Å². The van der Waals surface area contributed by atoms with Gasteiger partial charge < -0.3 is 15.4 Å². The molecule has 0 bridgehead atoms. The van der Waals surface area contributed by atoms with Gasteiger partial charge in [0, 0.05) is 44.3 Å². The number of rotatable bonds is 7. The Hall–Kier alpha value is -2.23. The van der Waals surface area contributed by atoms with E-state index in [1.807, 2.05) is 30.5 Å². The quantitative estimate of drug-likeness (QED) is 0.268. The average molecular weight is 545 g/mol. The second kappa shape index (κ2) is 12.7. The molecule has 7 heteroatoms. The molecule has 1 aliphatic heterocycles. The second-order valence-electron chi connectivity index (χ2n) is 7.69. The first kappa shape index (κ1) is 24.4. The molecule has 0 radical (unpaired) electrons. The fourth-order valence-electron chi connectivity index (χ4n) is 3.86. The molecule has 1 aromatic heterocycles. The lowest BCUT2D eigenvalue weighted by Crippen LogP contribution is -2.38. The second-order valence-corrected chi connectivity index (χ2v) is 7.69. The summed E-state index contributed by atoms with van der Waals surface area (Å²) in [5, 5.41) is 8.03. The van der Waals surface area contributed by atoms with Crippen LogP contribution in [-0.2, 0) is 24.4 Å². The Kier molecular flexibility index (Phi) is 9.70. The van der Waals surface area contributed by atoms with Crippen LogP contribution in [0.1, 0.15) is 23.6 Å². The first-order valence-electron chi connectivity index (χ1n) is 11.0. The summed E-state index contributed by atoms with van der Waals surface area (Å²) in [6, 6.07) is 18.9. The summed E-state index contributed by atoms with van der Waals surface area (Å²) in [5.74, 6) is 0.824. The Labute approximate surface area is 207 Å². The maximum Gasteiger partial charge on any atom is 0.191 e. The molecule has 2 heterocycles. The zero-order valence-corrected chi connectivity index (χ0v) is 20.9. The molecule has 6 nitrogen and oxygen atoms in total. The van der Waals surface area contributed by atoms with Crippen molar-refractivity contribution in [2.24, 2.45) is 4.99 Å². The van der Waals surface area contributed by atoms with Crippen molar-refractivity contribution < 1.29 is 4.74 Å². The van der Waals surface area contributed by atoms with Gasteiger partial charge in [0.15, 0.2) is 5.96 Å². The molecule has 2 aromatic carbocycles. The maximum atomic E-state index is 5.48. The molecule has 0 spiro atoms. The van der Waals surface area contributed by atoms with Crippen LogP contribution in [0.2, 0.25) is 0 Å². The number of hydrogen-bond acceptors (Lipinski definition) is 4. The van der Waals surface area contributed by atoms with Gasteiger partial charge in [-0.25, -0.2) is 4.99 Å². The summed E-state index contributed by atoms with van der Waals surface area (Å²) in [7, 11) is 0. The van der Waals surface area contributed by atoms with Crippen LogP contribution in [0.3, 0.4) is 0 Å². The monoisotopic (exact) mass is 545 g/mol. The lowest BCUT2D eigenvalue weighted by atomic mass is 10.1. The molecule has 170 valence electrons. The molecule has 2 N–H and O–H groups in total. The van der Waals surface area contributed by atoms with E-state index in [4.69, 9.17) is 9.73 Å². The third-order valence-corrected chi connectivity index (χ3v) is 5.55. The predicted molar refractivity (Wildman–Crippen MR) is 141 cm³/mol. The SMILES string of the molecule is CCNC(=NCc1ccnc2ccccc12)NCc1ccccc1CN1CCOCC1.I. The molecule has 0 saturated carbocycles. The number of aromatic nitrogens is 1. The van der Waals surface area contributed by atoms with Crippen molar-refractivity contribution in [1.29, 1.82) is 0 Å². The third kappa shape index (κ3) is 6.63. The summed E-state index contributed by atoms with van der Waals surface area (Å²) in [4.78, 5) is 11.7. The normalized spacial score (nSPS) is 14.7. The molecule has 32 heavy (non-hydrogen) atoms. The zero-order valence-electron chi connectivity index (χ0n) is 18.6. The Bertz CT molecular complexity index is 1010. The van der Waals surface area contributed by atoms with Crippen LogP contribution in [0.25, 0.3) is 10.9 Å². The van der Waals surface area contributed by atoms with Crippen molar-refractivity contribution >= 4 is 40.8 Å². The standard InChI is InChI=1S/C25H31N5O.HI/c1-2-26-25(29-18-21-11-12-27-24-10-6-5-9-23(21)24)28-17-20-7-3-4-8-22(20)19-30-13-15-31-16-14-30;/h3-12H,2,13-19H2,1H3,(H2,26,28,29);1H. The van der Waals surface area contributed by atoms with Crippen molar-refractivity contribution in [2.45, 2.75) is 26.6 Å². The largest absolute Gasteiger partial charge is 0.379 e. The van der Waals surface area contributed by atoms with Gasteiger partial charge in [0.2, 0.25) is 0 Å². The van der Waals surface area contributed by atoms with E-state index in [-0.39, 0.29) is 24.0 Å². The number of guanidine groups is 1. The Morgan fingerprint density at radius 3 is 2.53 bits per heavy atom. The van der Waals surface area contributed by atoms with Crippen LogP contribution in [0, 0.1) is 0 Å². The summed E-state index contributed by atoms with van der Waals surface area (Å²) in [5.41, 5.74) is 4.84. The van der Waals surface area contributed by atoms with Gasteiger partial charge >= 0.3 is 0 Å². The smallest absolute Gasteiger partial charge is 0.191 e. The highest BCUT2D eigenvalue weighted by molar-refractivity contribution is 14.0. The number of halogens is 1. The Morgan fingerprint density at radius 1 is 0.969 bits per heavy atom. The Balaban J connectivity index is 0.00000289. The van der Waals surface area contributed by atoms with Gasteiger partial charge in [-0.05, 0) is 35.7 Å². The number of para-hydroxylation sites is 1. The fraction of sp³-hybridized carbons (Fsp3) is 0.360. The third-order valence-electron chi connectivity index (χ3n) is 5.55. The number of pyridine rings is 1. The fourth-order valence-corrected chi connectivity index (χ4v) is 3.86. The van der Waals surface area contributed by atoms with Crippen molar-refractivity contribution in [3.63, 3.8) is 0 Å². The molecule has 0 unspecified atom stereocenters. The molecule has 4 rings (SSSR count).